The van der Waals surface area contributed by atoms with Gasteiger partial charge in [-0.2, -0.15) is 5.53 Å². The number of rotatable bonds is 20. The second kappa shape index (κ2) is 20.1. The van der Waals surface area contributed by atoms with Gasteiger partial charge in [0.1, 0.15) is 6.04 Å². The lowest BCUT2D eigenvalue weighted by molar-refractivity contribution is -0.136. The fourth-order valence-corrected chi connectivity index (χ4v) is 9.59. The van der Waals surface area contributed by atoms with E-state index in [2.05, 4.69) is 72.2 Å². The summed E-state index contributed by atoms with van der Waals surface area (Å²) in [5.74, 6) is -1.36. The van der Waals surface area contributed by atoms with Crippen LogP contribution in [0.3, 0.4) is 0 Å². The number of imide groups is 2. The highest BCUT2D eigenvalue weighted by molar-refractivity contribution is 6.25. The molecule has 7 atom stereocenters. The maximum absolute atomic E-state index is 13.3. The maximum atomic E-state index is 13.3. The van der Waals surface area contributed by atoms with Crippen molar-refractivity contribution in [2.75, 3.05) is 57.8 Å². The van der Waals surface area contributed by atoms with E-state index in [0.717, 1.165) is 62.9 Å². The van der Waals surface area contributed by atoms with Crippen LogP contribution in [-0.2, 0) is 19.1 Å². The van der Waals surface area contributed by atoms with Crippen LogP contribution in [0.1, 0.15) is 105 Å². The number of carbonyl (C=O) groups is 5. The molecule has 9 N–H and O–H groups in total. The quantitative estimate of drug-likeness (QED) is 0.0621. The Morgan fingerprint density at radius 3 is 2.66 bits per heavy atom. The zero-order valence-electron chi connectivity index (χ0n) is 34.1. The van der Waals surface area contributed by atoms with Gasteiger partial charge < -0.3 is 20.7 Å². The highest BCUT2D eigenvalue weighted by Gasteiger charge is 2.46. The Bertz CT molecular complexity index is 1630. The van der Waals surface area contributed by atoms with Gasteiger partial charge in [-0.05, 0) is 69.4 Å². The Hall–Kier alpha value is -3.59. The lowest BCUT2D eigenvalue weighted by atomic mass is 9.89. The van der Waals surface area contributed by atoms with Crippen molar-refractivity contribution in [2.24, 2.45) is 5.92 Å². The predicted octanol–water partition coefficient (Wildman–Crippen LogP) is -0.133. The van der Waals surface area contributed by atoms with Crippen molar-refractivity contribution in [1.82, 2.24) is 57.9 Å². The van der Waals surface area contributed by atoms with E-state index in [0.29, 0.717) is 81.5 Å². The summed E-state index contributed by atoms with van der Waals surface area (Å²) in [5, 5.41) is 24.4. The molecular weight excluding hydrogens is 745 g/mol. The van der Waals surface area contributed by atoms with Crippen molar-refractivity contribution in [3.63, 3.8) is 0 Å². The third-order valence-electron chi connectivity index (χ3n) is 12.8. The van der Waals surface area contributed by atoms with Gasteiger partial charge in [-0.1, -0.05) is 32.8 Å². The normalized spacial score (nSPS) is 29.0. The molecular formula is C40H64N12O6. The smallest absolute Gasteiger partial charge is 0.264 e. The van der Waals surface area contributed by atoms with Gasteiger partial charge in [-0.15, -0.1) is 0 Å². The molecule has 1 aromatic carbocycles. The molecule has 18 heteroatoms. The molecule has 5 heterocycles. The number of anilines is 1. The second-order valence-electron chi connectivity index (χ2n) is 16.6. The number of hydrogen-bond donors (Lipinski definition) is 9. The van der Waals surface area contributed by atoms with E-state index >= 15 is 0 Å². The van der Waals surface area contributed by atoms with Gasteiger partial charge >= 0.3 is 0 Å². The monoisotopic (exact) mass is 809 g/mol. The van der Waals surface area contributed by atoms with Crippen LogP contribution >= 0.6 is 0 Å². The Labute approximate surface area is 341 Å². The number of hydrogen-bond acceptors (Lipinski definition) is 15. The summed E-state index contributed by atoms with van der Waals surface area (Å²) in [4.78, 5) is 63.9. The molecule has 58 heavy (non-hydrogen) atoms. The predicted molar refractivity (Wildman–Crippen MR) is 217 cm³/mol. The Kier molecular flexibility index (Phi) is 14.7. The zero-order chi connectivity index (χ0) is 40.6. The zero-order valence-corrected chi connectivity index (χ0v) is 34.1. The fraction of sp³-hybridized carbons (Fsp3) is 0.725. The van der Waals surface area contributed by atoms with E-state index in [-0.39, 0.29) is 35.9 Å². The van der Waals surface area contributed by atoms with E-state index in [1.54, 1.807) is 18.2 Å². The van der Waals surface area contributed by atoms with Crippen molar-refractivity contribution in [2.45, 2.75) is 127 Å². The lowest BCUT2D eigenvalue weighted by Crippen LogP contribution is -2.66. The highest BCUT2D eigenvalue weighted by Crippen LogP contribution is 2.33. The molecule has 5 aliphatic heterocycles. The minimum absolute atomic E-state index is 0.0450. The van der Waals surface area contributed by atoms with Crippen LogP contribution in [0, 0.1) is 5.92 Å². The SMILES string of the molecule is CCC(CC)C1CC(N[C@H]2CC[C@H](NCC(=O)NCCCC3CN(CCOCCNc4cccc5c4C(=O)N(C4CCC(=O)NC4=O)C5=O)NN3)C2)N2NCCC2N1. The van der Waals surface area contributed by atoms with E-state index in [4.69, 9.17) is 4.74 Å². The average Bonchev–Trinajstić information content (AvgIpc) is 4.03. The summed E-state index contributed by atoms with van der Waals surface area (Å²) in [7, 11) is 0. The lowest BCUT2D eigenvalue weighted by Gasteiger charge is -2.45. The van der Waals surface area contributed by atoms with Crippen LogP contribution in [0.15, 0.2) is 18.2 Å². The Balaban J connectivity index is 0.718. The van der Waals surface area contributed by atoms with Crippen molar-refractivity contribution < 1.29 is 28.7 Å². The molecule has 1 aliphatic carbocycles. The summed E-state index contributed by atoms with van der Waals surface area (Å²) >= 11 is 0. The topological polar surface area (TPSA) is 213 Å². The number of nitrogens with one attached hydrogen (secondary N) is 9. The summed E-state index contributed by atoms with van der Waals surface area (Å²) < 4.78 is 5.84. The van der Waals surface area contributed by atoms with Crippen LogP contribution < -0.4 is 48.3 Å². The molecule has 5 fully saturated rings. The third-order valence-corrected chi connectivity index (χ3v) is 12.8. The van der Waals surface area contributed by atoms with Gasteiger partial charge in [-0.3, -0.25) is 50.2 Å². The maximum Gasteiger partial charge on any atom is 0.264 e. The Morgan fingerprint density at radius 2 is 1.83 bits per heavy atom. The van der Waals surface area contributed by atoms with Crippen LogP contribution in [0.25, 0.3) is 0 Å². The number of ether oxygens (including phenoxy) is 1. The van der Waals surface area contributed by atoms with Crippen LogP contribution in [-0.4, -0.2) is 139 Å². The summed E-state index contributed by atoms with van der Waals surface area (Å²) in [5.41, 5.74) is 11.1. The molecule has 320 valence electrons. The minimum atomic E-state index is -1.00. The van der Waals surface area contributed by atoms with Crippen molar-refractivity contribution in [3.8, 4) is 0 Å². The first-order valence-corrected chi connectivity index (χ1v) is 21.7. The van der Waals surface area contributed by atoms with Gasteiger partial charge in [0.05, 0.1) is 43.2 Å². The molecule has 6 aliphatic rings. The molecule has 5 unspecified atom stereocenters. The number of fused-ring (bicyclic) bond motifs is 2. The average molecular weight is 809 g/mol. The van der Waals surface area contributed by atoms with Gasteiger partial charge in [-0.25, -0.2) is 15.4 Å². The molecule has 18 nitrogen and oxygen atoms in total. The van der Waals surface area contributed by atoms with E-state index < -0.39 is 29.7 Å². The van der Waals surface area contributed by atoms with Gasteiger partial charge in [0, 0.05) is 69.0 Å². The van der Waals surface area contributed by atoms with Crippen LogP contribution in [0.2, 0.25) is 0 Å². The number of piperidine rings is 1. The molecule has 4 saturated heterocycles. The molecule has 1 aromatic rings. The largest absolute Gasteiger partial charge is 0.382 e. The summed E-state index contributed by atoms with van der Waals surface area (Å²) in [6.45, 7) is 9.40. The van der Waals surface area contributed by atoms with Crippen molar-refractivity contribution in [1.29, 1.82) is 0 Å². The van der Waals surface area contributed by atoms with Crippen molar-refractivity contribution in [3.05, 3.63) is 29.3 Å². The number of amides is 5. The number of hydrazine groups is 3. The summed E-state index contributed by atoms with van der Waals surface area (Å²) in [6, 6.07) is 5.60. The van der Waals surface area contributed by atoms with E-state index in [1.165, 1.54) is 12.8 Å². The van der Waals surface area contributed by atoms with Gasteiger partial charge in [0.25, 0.3) is 11.8 Å². The molecule has 0 aromatic heterocycles. The number of carbonyl (C=O) groups excluding carboxylic acids is 5. The van der Waals surface area contributed by atoms with Crippen molar-refractivity contribution >= 4 is 35.2 Å². The summed E-state index contributed by atoms with van der Waals surface area (Å²) in [6.07, 6.45) is 10.6. The number of nitrogens with zero attached hydrogens (tertiary/aromatic N) is 3. The molecule has 7 rings (SSSR count). The second-order valence-corrected chi connectivity index (χ2v) is 16.6. The minimum Gasteiger partial charge on any atom is -0.382 e. The van der Waals surface area contributed by atoms with Gasteiger partial charge in [0.2, 0.25) is 17.7 Å². The molecule has 0 bridgehead atoms. The van der Waals surface area contributed by atoms with Gasteiger partial charge in [0.15, 0.2) is 0 Å². The fourth-order valence-electron chi connectivity index (χ4n) is 9.59. The molecule has 0 radical (unpaired) electrons. The first-order valence-electron chi connectivity index (χ1n) is 21.7. The Morgan fingerprint density at radius 1 is 0.983 bits per heavy atom. The molecule has 5 amide bonds. The standard InChI is InChI=1S/C40H64N12O6/c1-3-25(4-2)31-22-34(52-33(46-31)14-16-44-52)45-27-11-10-26(21-27)43-23-36(54)42-15-6-7-28-24-50(49-48-28)18-20-58-19-17-41-30-9-5-8-29-37(30)40(57)51(39(29)56)32-12-13-35(53)47-38(32)55/h5,8-9,25-28,31-34,41,43-46,48-49H,3-4,6-7,10-24H2,1-2H3,(H,42,54)(H,47,53,55)/t26-,27-,28?,31?,32?,33?,34?/m0/s1. The third kappa shape index (κ3) is 10.2. The highest BCUT2D eigenvalue weighted by atomic mass is 16.5. The van der Waals surface area contributed by atoms with Crippen LogP contribution in [0.5, 0.6) is 0 Å². The first-order chi connectivity index (χ1) is 28.2. The van der Waals surface area contributed by atoms with Crippen LogP contribution in [0.4, 0.5) is 5.69 Å². The molecule has 0 spiro atoms. The molecule has 1 saturated carbocycles. The first kappa shape index (κ1) is 42.5. The number of benzene rings is 1. The van der Waals surface area contributed by atoms with E-state index in [9.17, 15) is 24.0 Å². The van der Waals surface area contributed by atoms with E-state index in [1.807, 2.05) is 0 Å².